The fourth-order valence-corrected chi connectivity index (χ4v) is 4.47. The van der Waals surface area contributed by atoms with Gasteiger partial charge >= 0.3 is 6.61 Å². The Morgan fingerprint density at radius 3 is 2.14 bits per heavy atom. The van der Waals surface area contributed by atoms with Gasteiger partial charge in [0.25, 0.3) is 5.91 Å². The summed E-state index contributed by atoms with van der Waals surface area (Å²) in [7, 11) is -3.55. The lowest BCUT2D eigenvalue weighted by Gasteiger charge is -2.25. The standard InChI is InChI=1S/C19H20F2N2O4S/c20-19(21)27-16-8-6-15(7-9-16)22-18(24)14-4-10-17(11-5-14)28(25,26)23-12-2-1-3-13-23/h4-11,19H,1-3,12-13H2,(H,22,24). The minimum absolute atomic E-state index is 0.0136. The predicted molar refractivity (Wildman–Crippen MR) is 100 cm³/mol. The lowest BCUT2D eigenvalue weighted by atomic mass is 10.2. The van der Waals surface area contributed by atoms with Crippen LogP contribution in [0.5, 0.6) is 5.75 Å². The smallest absolute Gasteiger partial charge is 0.387 e. The van der Waals surface area contributed by atoms with Gasteiger partial charge in [0.1, 0.15) is 5.75 Å². The van der Waals surface area contributed by atoms with Gasteiger partial charge in [-0.2, -0.15) is 13.1 Å². The second kappa shape index (κ2) is 8.66. The summed E-state index contributed by atoms with van der Waals surface area (Å²) in [5.41, 5.74) is 0.683. The van der Waals surface area contributed by atoms with Gasteiger partial charge in [0.15, 0.2) is 0 Å². The van der Waals surface area contributed by atoms with E-state index in [-0.39, 0.29) is 16.2 Å². The van der Waals surface area contributed by atoms with Gasteiger partial charge in [-0.1, -0.05) is 6.42 Å². The molecule has 3 rings (SSSR count). The quantitative estimate of drug-likeness (QED) is 0.788. The van der Waals surface area contributed by atoms with E-state index in [1.165, 1.54) is 52.8 Å². The number of rotatable bonds is 6. The Morgan fingerprint density at radius 2 is 1.57 bits per heavy atom. The molecule has 0 spiro atoms. The van der Waals surface area contributed by atoms with Crippen LogP contribution in [0.3, 0.4) is 0 Å². The monoisotopic (exact) mass is 410 g/mol. The van der Waals surface area contributed by atoms with E-state index in [1.54, 1.807) is 0 Å². The molecule has 0 radical (unpaired) electrons. The molecule has 1 fully saturated rings. The van der Waals surface area contributed by atoms with Crippen LogP contribution in [0.2, 0.25) is 0 Å². The molecule has 28 heavy (non-hydrogen) atoms. The van der Waals surface area contributed by atoms with E-state index in [0.717, 1.165) is 19.3 Å². The highest BCUT2D eigenvalue weighted by atomic mass is 32.2. The van der Waals surface area contributed by atoms with Crippen LogP contribution in [0.1, 0.15) is 29.6 Å². The molecule has 6 nitrogen and oxygen atoms in total. The number of anilines is 1. The molecule has 0 aliphatic carbocycles. The normalized spacial score (nSPS) is 15.4. The number of piperidine rings is 1. The zero-order valence-electron chi connectivity index (χ0n) is 15.0. The van der Waals surface area contributed by atoms with Crippen LogP contribution in [0.25, 0.3) is 0 Å². The van der Waals surface area contributed by atoms with Gasteiger partial charge in [-0.3, -0.25) is 4.79 Å². The number of amides is 1. The highest BCUT2D eigenvalue weighted by molar-refractivity contribution is 7.89. The maximum absolute atomic E-state index is 12.6. The van der Waals surface area contributed by atoms with E-state index < -0.39 is 22.5 Å². The fraction of sp³-hybridized carbons (Fsp3) is 0.316. The number of halogens is 2. The van der Waals surface area contributed by atoms with Gasteiger partial charge in [0.2, 0.25) is 10.0 Å². The molecule has 1 aliphatic heterocycles. The number of carbonyl (C=O) groups excluding carboxylic acids is 1. The van der Waals surface area contributed by atoms with Crippen LogP contribution in [0.4, 0.5) is 14.5 Å². The molecule has 1 aliphatic rings. The van der Waals surface area contributed by atoms with Crippen molar-refractivity contribution in [3.63, 3.8) is 0 Å². The molecule has 1 amide bonds. The molecule has 2 aromatic rings. The third kappa shape index (κ3) is 4.85. The Hall–Kier alpha value is -2.52. The number of sulfonamides is 1. The first-order chi connectivity index (χ1) is 13.4. The molecule has 0 bridgehead atoms. The second-order valence-electron chi connectivity index (χ2n) is 6.35. The number of alkyl halides is 2. The van der Waals surface area contributed by atoms with Gasteiger partial charge in [-0.05, 0) is 61.4 Å². The number of hydrogen-bond donors (Lipinski definition) is 1. The van der Waals surface area contributed by atoms with Crippen molar-refractivity contribution >= 4 is 21.6 Å². The van der Waals surface area contributed by atoms with Crippen LogP contribution < -0.4 is 10.1 Å². The number of ether oxygens (including phenoxy) is 1. The van der Waals surface area contributed by atoms with E-state index in [2.05, 4.69) is 10.1 Å². The van der Waals surface area contributed by atoms with Crippen LogP contribution >= 0.6 is 0 Å². The summed E-state index contributed by atoms with van der Waals surface area (Å²) in [6.45, 7) is -1.90. The molecule has 0 aromatic heterocycles. The molecule has 2 aromatic carbocycles. The minimum Gasteiger partial charge on any atom is -0.435 e. The average Bonchev–Trinajstić information content (AvgIpc) is 2.70. The first-order valence-corrected chi connectivity index (χ1v) is 10.3. The first-order valence-electron chi connectivity index (χ1n) is 8.83. The summed E-state index contributed by atoms with van der Waals surface area (Å²) in [4.78, 5) is 12.5. The minimum atomic E-state index is -3.55. The van der Waals surface area contributed by atoms with Gasteiger partial charge in [0, 0.05) is 24.3 Å². The van der Waals surface area contributed by atoms with E-state index >= 15 is 0 Å². The molecular weight excluding hydrogens is 390 g/mol. The van der Waals surface area contributed by atoms with Crippen LogP contribution in [0, 0.1) is 0 Å². The van der Waals surface area contributed by atoms with E-state index in [9.17, 15) is 22.0 Å². The van der Waals surface area contributed by atoms with Crippen molar-refractivity contribution in [3.8, 4) is 5.75 Å². The molecule has 0 saturated carbocycles. The van der Waals surface area contributed by atoms with Gasteiger partial charge in [-0.15, -0.1) is 0 Å². The van der Waals surface area contributed by atoms with Crippen molar-refractivity contribution in [2.45, 2.75) is 30.8 Å². The summed E-state index contributed by atoms with van der Waals surface area (Å²) >= 11 is 0. The van der Waals surface area contributed by atoms with Crippen molar-refractivity contribution in [1.82, 2.24) is 4.31 Å². The number of hydrogen-bond acceptors (Lipinski definition) is 4. The summed E-state index contributed by atoms with van der Waals surface area (Å²) in [6.07, 6.45) is 2.72. The molecular formula is C19H20F2N2O4S. The Morgan fingerprint density at radius 1 is 0.964 bits per heavy atom. The third-order valence-corrected chi connectivity index (χ3v) is 6.32. The van der Waals surface area contributed by atoms with Crippen LogP contribution in [0.15, 0.2) is 53.4 Å². The van der Waals surface area contributed by atoms with Crippen LogP contribution in [-0.4, -0.2) is 38.3 Å². The third-order valence-electron chi connectivity index (χ3n) is 4.41. The van der Waals surface area contributed by atoms with Crippen molar-refractivity contribution < 1.29 is 26.7 Å². The summed E-state index contributed by atoms with van der Waals surface area (Å²) in [5.74, 6) is -0.454. The Bertz CT molecular complexity index is 910. The number of nitrogens with zero attached hydrogens (tertiary/aromatic N) is 1. The van der Waals surface area contributed by atoms with Gasteiger partial charge in [-0.25, -0.2) is 8.42 Å². The first kappa shape index (κ1) is 20.2. The second-order valence-corrected chi connectivity index (χ2v) is 8.28. The zero-order chi connectivity index (χ0) is 20.1. The number of benzene rings is 2. The van der Waals surface area contributed by atoms with Gasteiger partial charge in [0.05, 0.1) is 4.90 Å². The molecule has 1 saturated heterocycles. The van der Waals surface area contributed by atoms with E-state index in [4.69, 9.17) is 0 Å². The lowest BCUT2D eigenvalue weighted by molar-refractivity contribution is -0.0498. The highest BCUT2D eigenvalue weighted by Gasteiger charge is 2.25. The topological polar surface area (TPSA) is 75.7 Å². The fourth-order valence-electron chi connectivity index (χ4n) is 2.96. The zero-order valence-corrected chi connectivity index (χ0v) is 15.8. The molecule has 9 heteroatoms. The van der Waals surface area contributed by atoms with Crippen molar-refractivity contribution in [3.05, 3.63) is 54.1 Å². The summed E-state index contributed by atoms with van der Waals surface area (Å²) < 4.78 is 55.3. The van der Waals surface area contributed by atoms with Crippen molar-refractivity contribution in [2.24, 2.45) is 0 Å². The molecule has 150 valence electrons. The Balaban J connectivity index is 1.66. The maximum Gasteiger partial charge on any atom is 0.387 e. The SMILES string of the molecule is O=C(Nc1ccc(OC(F)F)cc1)c1ccc(S(=O)(=O)N2CCCCC2)cc1. The van der Waals surface area contributed by atoms with Crippen LogP contribution in [-0.2, 0) is 10.0 Å². The molecule has 0 atom stereocenters. The van der Waals surface area contributed by atoms with E-state index in [0.29, 0.717) is 18.8 Å². The number of carbonyl (C=O) groups is 1. The Labute approximate surface area is 162 Å². The number of nitrogens with one attached hydrogen (secondary N) is 1. The summed E-state index contributed by atoms with van der Waals surface area (Å²) in [5, 5.41) is 2.62. The Kier molecular flexibility index (Phi) is 6.25. The molecule has 1 heterocycles. The molecule has 0 unspecified atom stereocenters. The largest absolute Gasteiger partial charge is 0.435 e. The predicted octanol–water partition coefficient (Wildman–Crippen LogP) is 3.71. The molecule has 1 N–H and O–H groups in total. The van der Waals surface area contributed by atoms with Crippen molar-refractivity contribution in [1.29, 1.82) is 0 Å². The summed E-state index contributed by atoms with van der Waals surface area (Å²) in [6, 6.07) is 11.2. The lowest BCUT2D eigenvalue weighted by Crippen LogP contribution is -2.35. The maximum atomic E-state index is 12.6. The highest BCUT2D eigenvalue weighted by Crippen LogP contribution is 2.22. The van der Waals surface area contributed by atoms with Crippen molar-refractivity contribution in [2.75, 3.05) is 18.4 Å². The average molecular weight is 410 g/mol. The van der Waals surface area contributed by atoms with Gasteiger partial charge < -0.3 is 10.1 Å². The van der Waals surface area contributed by atoms with E-state index in [1.807, 2.05) is 0 Å².